The number of halogens is 1. The lowest BCUT2D eigenvalue weighted by atomic mass is 9.84. The number of nitrogens with one attached hydrogen (secondary N) is 2. The summed E-state index contributed by atoms with van der Waals surface area (Å²) in [5, 5.41) is 14.6. The van der Waals surface area contributed by atoms with Gasteiger partial charge in [0.15, 0.2) is 5.13 Å². The van der Waals surface area contributed by atoms with Crippen LogP contribution in [0.4, 0.5) is 14.7 Å². The number of nitrogens with zero attached hydrogens (tertiary/aromatic N) is 2. The van der Waals surface area contributed by atoms with Gasteiger partial charge in [0.05, 0.1) is 10.4 Å². The predicted octanol–water partition coefficient (Wildman–Crippen LogP) is 5.67. The molecule has 1 heterocycles. The summed E-state index contributed by atoms with van der Waals surface area (Å²) < 4.78 is 0.975. The summed E-state index contributed by atoms with van der Waals surface area (Å²) in [4.78, 5) is 30.2. The Balaban J connectivity index is 0.00000320. The summed E-state index contributed by atoms with van der Waals surface area (Å²) >= 11 is 2.99. The van der Waals surface area contributed by atoms with Crippen LogP contribution in [0.2, 0.25) is 0 Å². The molecule has 0 aromatic carbocycles. The van der Waals surface area contributed by atoms with Gasteiger partial charge in [-0.05, 0) is 44.4 Å². The van der Waals surface area contributed by atoms with Crippen molar-refractivity contribution >= 4 is 52.8 Å². The van der Waals surface area contributed by atoms with E-state index in [1.165, 1.54) is 43.4 Å². The molecule has 0 spiro atoms. The van der Waals surface area contributed by atoms with Gasteiger partial charge in [-0.1, -0.05) is 37.5 Å². The molecule has 2 fully saturated rings. The summed E-state index contributed by atoms with van der Waals surface area (Å²) in [7, 11) is 0. The van der Waals surface area contributed by atoms with Crippen LogP contribution in [-0.2, 0) is 0 Å². The lowest BCUT2D eigenvalue weighted by Crippen LogP contribution is -2.51. The van der Waals surface area contributed by atoms with Crippen molar-refractivity contribution in [1.82, 2.24) is 15.2 Å². The molecule has 1 aromatic rings. The van der Waals surface area contributed by atoms with E-state index in [-0.39, 0.29) is 18.4 Å². The van der Waals surface area contributed by atoms with Crippen molar-refractivity contribution in [2.24, 2.45) is 5.92 Å². The average Bonchev–Trinajstić information content (AvgIpc) is 3.15. The van der Waals surface area contributed by atoms with E-state index in [1.54, 1.807) is 18.0 Å². The normalized spacial score (nSPS) is 22.0. The van der Waals surface area contributed by atoms with Crippen LogP contribution in [-0.4, -0.2) is 51.5 Å². The number of urea groups is 1. The predicted molar refractivity (Wildman–Crippen MR) is 125 cm³/mol. The fourth-order valence-corrected chi connectivity index (χ4v) is 6.15. The molecule has 0 saturated heterocycles. The van der Waals surface area contributed by atoms with Crippen LogP contribution in [0.15, 0.2) is 10.4 Å². The molecular weight excluding hydrogens is 444 g/mol. The van der Waals surface area contributed by atoms with E-state index in [9.17, 15) is 9.59 Å². The molecule has 2 aliphatic rings. The van der Waals surface area contributed by atoms with Crippen molar-refractivity contribution in [2.75, 3.05) is 17.6 Å². The quantitative estimate of drug-likeness (QED) is 0.348. The van der Waals surface area contributed by atoms with Gasteiger partial charge in [0.1, 0.15) is 0 Å². The molecule has 0 atom stereocenters. The molecule has 2 aliphatic carbocycles. The third kappa shape index (κ3) is 7.50. The monoisotopic (exact) mass is 476 g/mol. The molecule has 170 valence electrons. The first-order valence-electron chi connectivity index (χ1n) is 10.7. The Bertz CT molecular complexity index is 677. The van der Waals surface area contributed by atoms with Crippen LogP contribution < -0.4 is 10.6 Å². The number of amides is 3. The average molecular weight is 477 g/mol. The molecule has 30 heavy (non-hydrogen) atoms. The number of anilines is 1. The van der Waals surface area contributed by atoms with Gasteiger partial charge in [-0.25, -0.2) is 14.6 Å². The van der Waals surface area contributed by atoms with E-state index in [4.69, 9.17) is 5.11 Å². The smallest absolute Gasteiger partial charge is 0.404 e. The lowest BCUT2D eigenvalue weighted by Gasteiger charge is -2.42. The first kappa shape index (κ1) is 25.1. The van der Waals surface area contributed by atoms with Gasteiger partial charge in [0.2, 0.25) is 0 Å². The summed E-state index contributed by atoms with van der Waals surface area (Å²) in [5.41, 5.74) is 0. The summed E-state index contributed by atoms with van der Waals surface area (Å²) in [6, 6.07) is 0.679. The molecular formula is C20H33ClN4O3S2. The Kier molecular flexibility index (Phi) is 10.5. The lowest BCUT2D eigenvalue weighted by molar-refractivity contribution is 0.105. The van der Waals surface area contributed by atoms with Crippen molar-refractivity contribution in [1.29, 1.82) is 0 Å². The number of carboxylic acid groups (broad SMARTS) is 1. The zero-order chi connectivity index (χ0) is 20.6. The number of hydrogen-bond donors (Lipinski definition) is 3. The maximum absolute atomic E-state index is 13.2. The van der Waals surface area contributed by atoms with E-state index < -0.39 is 6.09 Å². The van der Waals surface area contributed by atoms with Crippen molar-refractivity contribution < 1.29 is 14.7 Å². The number of carbonyl (C=O) groups excluding carboxylic acids is 1. The Morgan fingerprint density at radius 1 is 1.17 bits per heavy atom. The van der Waals surface area contributed by atoms with Crippen LogP contribution in [0.3, 0.4) is 0 Å². The van der Waals surface area contributed by atoms with Crippen LogP contribution >= 0.6 is 35.5 Å². The van der Waals surface area contributed by atoms with E-state index >= 15 is 0 Å². The minimum atomic E-state index is -1.01. The van der Waals surface area contributed by atoms with Crippen molar-refractivity contribution in [3.05, 3.63) is 6.20 Å². The SMILES string of the molecule is CC1CCC(N(C(=O)Nc2ncc(SCCNC(=O)O)s2)C2CCCCC2)CC1.Cl. The second-order valence-electron chi connectivity index (χ2n) is 8.11. The molecule has 3 rings (SSSR count). The second kappa shape index (κ2) is 12.6. The Morgan fingerprint density at radius 3 is 2.50 bits per heavy atom. The molecule has 3 N–H and O–H groups in total. The number of thioether (sulfide) groups is 1. The maximum atomic E-state index is 13.2. The summed E-state index contributed by atoms with van der Waals surface area (Å²) in [6.07, 6.45) is 11.2. The van der Waals surface area contributed by atoms with Gasteiger partial charge in [-0.15, -0.1) is 24.2 Å². The van der Waals surface area contributed by atoms with E-state index in [2.05, 4.69) is 27.4 Å². The Morgan fingerprint density at radius 2 is 1.83 bits per heavy atom. The molecule has 0 unspecified atom stereocenters. The highest BCUT2D eigenvalue weighted by Crippen LogP contribution is 2.33. The number of hydrogen-bond acceptors (Lipinski definition) is 5. The van der Waals surface area contributed by atoms with E-state index in [0.717, 1.165) is 35.8 Å². The van der Waals surface area contributed by atoms with Crippen LogP contribution in [0.1, 0.15) is 64.7 Å². The Labute approximate surface area is 193 Å². The minimum absolute atomic E-state index is 0. The molecule has 3 amide bonds. The minimum Gasteiger partial charge on any atom is -0.465 e. The highest BCUT2D eigenvalue weighted by atomic mass is 35.5. The van der Waals surface area contributed by atoms with Gasteiger partial charge >= 0.3 is 12.1 Å². The largest absolute Gasteiger partial charge is 0.465 e. The number of rotatable bonds is 7. The summed E-state index contributed by atoms with van der Waals surface area (Å²) in [6.45, 7) is 2.69. The molecule has 7 nitrogen and oxygen atoms in total. The van der Waals surface area contributed by atoms with Gasteiger partial charge < -0.3 is 15.3 Å². The highest BCUT2D eigenvalue weighted by Gasteiger charge is 2.33. The van der Waals surface area contributed by atoms with Crippen LogP contribution in [0.25, 0.3) is 0 Å². The number of carbonyl (C=O) groups is 2. The van der Waals surface area contributed by atoms with E-state index in [0.29, 0.717) is 29.5 Å². The number of thiazole rings is 1. The molecule has 0 aliphatic heterocycles. The van der Waals surface area contributed by atoms with Gasteiger partial charge in [0.25, 0.3) is 0 Å². The fourth-order valence-electron chi connectivity index (χ4n) is 4.36. The van der Waals surface area contributed by atoms with Crippen LogP contribution in [0, 0.1) is 5.92 Å². The van der Waals surface area contributed by atoms with Crippen molar-refractivity contribution in [3.8, 4) is 0 Å². The van der Waals surface area contributed by atoms with Crippen molar-refractivity contribution in [3.63, 3.8) is 0 Å². The van der Waals surface area contributed by atoms with Crippen LogP contribution in [0.5, 0.6) is 0 Å². The molecule has 0 bridgehead atoms. The third-order valence-electron chi connectivity index (χ3n) is 5.90. The standard InChI is InChI=1S/C20H32N4O3S2.ClH/c1-14-7-9-16(10-8-14)24(15-5-3-2-4-6-15)19(25)23-18-22-13-17(29-18)28-12-11-21-20(26)27;/h13-16,21H,2-12H2,1H3,(H,26,27)(H,22,23,25);1H. The first-order valence-corrected chi connectivity index (χ1v) is 12.5. The third-order valence-corrected chi connectivity index (χ3v) is 8.01. The molecule has 10 heteroatoms. The highest BCUT2D eigenvalue weighted by molar-refractivity contribution is 8.01. The van der Waals surface area contributed by atoms with Gasteiger partial charge in [-0.2, -0.15) is 0 Å². The molecule has 0 radical (unpaired) electrons. The van der Waals surface area contributed by atoms with Gasteiger partial charge in [0, 0.05) is 24.4 Å². The summed E-state index contributed by atoms with van der Waals surface area (Å²) in [5.74, 6) is 1.40. The first-order chi connectivity index (χ1) is 14.0. The van der Waals surface area contributed by atoms with E-state index in [1.807, 2.05) is 0 Å². The van der Waals surface area contributed by atoms with Gasteiger partial charge in [-0.3, -0.25) is 5.32 Å². The molecule has 2 saturated carbocycles. The topological polar surface area (TPSA) is 94.6 Å². The van der Waals surface area contributed by atoms with Crippen molar-refractivity contribution in [2.45, 2.75) is 81.0 Å². The zero-order valence-corrected chi connectivity index (χ0v) is 19.9. The number of aromatic nitrogens is 1. The Hall–Kier alpha value is -1.19. The maximum Gasteiger partial charge on any atom is 0.404 e. The molecule has 1 aromatic heterocycles. The second-order valence-corrected chi connectivity index (χ2v) is 10.5. The zero-order valence-electron chi connectivity index (χ0n) is 17.5. The fraction of sp³-hybridized carbons (Fsp3) is 0.750.